The number of hydrogen-bond acceptors (Lipinski definition) is 7. The second kappa shape index (κ2) is 8.62. The molecular weight excluding hydrogens is 378 g/mol. The lowest BCUT2D eigenvalue weighted by Gasteiger charge is -2.14. The van der Waals surface area contributed by atoms with E-state index < -0.39 is 10.9 Å². The number of aromatic nitrogens is 2. The van der Waals surface area contributed by atoms with Crippen LogP contribution in [0.25, 0.3) is 22.5 Å². The van der Waals surface area contributed by atoms with E-state index in [1.54, 1.807) is 19.1 Å². The highest BCUT2D eigenvalue weighted by Crippen LogP contribution is 2.33. The molecule has 0 radical (unpaired) electrons. The topological polar surface area (TPSA) is 95.2 Å². The number of non-ortho nitro benzene ring substituents is 1. The first-order valence-electron chi connectivity index (χ1n) is 8.48. The van der Waals surface area contributed by atoms with Gasteiger partial charge in [0.25, 0.3) is 5.69 Å². The summed E-state index contributed by atoms with van der Waals surface area (Å²) in [6, 6.07) is 15.3. The summed E-state index contributed by atoms with van der Waals surface area (Å²) in [4.78, 5) is 32.5. The molecular formula is C20H17N3O4S. The Hall–Kier alpha value is -3.26. The van der Waals surface area contributed by atoms with Gasteiger partial charge in [-0.05, 0) is 13.2 Å². The minimum Gasteiger partial charge on any atom is -0.462 e. The van der Waals surface area contributed by atoms with Crippen molar-refractivity contribution in [3.05, 3.63) is 70.3 Å². The van der Waals surface area contributed by atoms with Crippen LogP contribution in [0.15, 0.2) is 59.8 Å². The fourth-order valence-electron chi connectivity index (χ4n) is 2.71. The van der Waals surface area contributed by atoms with Crippen LogP contribution in [0.3, 0.4) is 0 Å². The van der Waals surface area contributed by atoms with Crippen LogP contribution >= 0.6 is 11.8 Å². The summed E-state index contributed by atoms with van der Waals surface area (Å²) in [5.74, 6) is -0.574. The molecule has 0 amide bonds. The van der Waals surface area contributed by atoms with E-state index in [4.69, 9.17) is 4.74 Å². The number of carbonyl (C=O) groups excluding carboxylic acids is 1. The molecule has 0 bridgehead atoms. The van der Waals surface area contributed by atoms with Gasteiger partial charge in [0.1, 0.15) is 5.56 Å². The highest BCUT2D eigenvalue weighted by atomic mass is 32.2. The largest absolute Gasteiger partial charge is 0.462 e. The van der Waals surface area contributed by atoms with E-state index in [9.17, 15) is 14.9 Å². The molecule has 28 heavy (non-hydrogen) atoms. The first kappa shape index (κ1) is 19.5. The Kier molecular flexibility index (Phi) is 6.00. The van der Waals surface area contributed by atoms with Crippen molar-refractivity contribution in [2.45, 2.75) is 12.1 Å². The number of nitro benzene ring substituents is 1. The summed E-state index contributed by atoms with van der Waals surface area (Å²) in [6.45, 7) is 1.90. The number of nitro groups is 1. The second-order valence-electron chi connectivity index (χ2n) is 5.68. The maximum absolute atomic E-state index is 12.8. The Morgan fingerprint density at radius 1 is 1.07 bits per heavy atom. The summed E-state index contributed by atoms with van der Waals surface area (Å²) in [6.07, 6.45) is 1.82. The Morgan fingerprint density at radius 3 is 2.32 bits per heavy atom. The number of esters is 1. The third kappa shape index (κ3) is 4.01. The predicted molar refractivity (Wildman–Crippen MR) is 107 cm³/mol. The monoisotopic (exact) mass is 395 g/mol. The molecule has 0 atom stereocenters. The zero-order valence-electron chi connectivity index (χ0n) is 15.3. The van der Waals surface area contributed by atoms with Gasteiger partial charge < -0.3 is 4.74 Å². The Balaban J connectivity index is 2.33. The van der Waals surface area contributed by atoms with Gasteiger partial charge in [0, 0.05) is 23.3 Å². The van der Waals surface area contributed by atoms with E-state index in [2.05, 4.69) is 9.97 Å². The van der Waals surface area contributed by atoms with Crippen molar-refractivity contribution in [1.29, 1.82) is 0 Å². The van der Waals surface area contributed by atoms with Crippen LogP contribution in [0.4, 0.5) is 5.69 Å². The van der Waals surface area contributed by atoms with Crippen molar-refractivity contribution in [3.8, 4) is 22.5 Å². The maximum atomic E-state index is 12.8. The lowest BCUT2D eigenvalue weighted by atomic mass is 10.00. The van der Waals surface area contributed by atoms with Gasteiger partial charge in [0.05, 0.1) is 22.9 Å². The van der Waals surface area contributed by atoms with E-state index in [0.717, 1.165) is 5.56 Å². The molecule has 0 fully saturated rings. The zero-order chi connectivity index (χ0) is 20.1. The highest BCUT2D eigenvalue weighted by Gasteiger charge is 2.25. The van der Waals surface area contributed by atoms with E-state index in [1.165, 1.54) is 23.9 Å². The first-order valence-corrected chi connectivity index (χ1v) is 9.71. The molecule has 0 saturated carbocycles. The summed E-state index contributed by atoms with van der Waals surface area (Å²) in [5.41, 5.74) is 2.02. The van der Waals surface area contributed by atoms with Crippen LogP contribution in [0, 0.1) is 10.1 Å². The van der Waals surface area contributed by atoms with Crippen molar-refractivity contribution < 1.29 is 14.5 Å². The van der Waals surface area contributed by atoms with E-state index in [1.807, 2.05) is 36.6 Å². The van der Waals surface area contributed by atoms with Crippen molar-refractivity contribution in [1.82, 2.24) is 9.97 Å². The number of ether oxygens (including phenoxy) is 1. The summed E-state index contributed by atoms with van der Waals surface area (Å²) >= 11 is 1.32. The Morgan fingerprint density at radius 2 is 1.71 bits per heavy atom. The fourth-order valence-corrected chi connectivity index (χ4v) is 3.07. The molecule has 1 aromatic heterocycles. The zero-order valence-corrected chi connectivity index (χ0v) is 16.1. The van der Waals surface area contributed by atoms with Crippen LogP contribution in [-0.2, 0) is 4.74 Å². The highest BCUT2D eigenvalue weighted by molar-refractivity contribution is 7.98. The first-order chi connectivity index (χ1) is 13.5. The van der Waals surface area contributed by atoms with Crippen molar-refractivity contribution in [3.63, 3.8) is 0 Å². The molecule has 0 aliphatic heterocycles. The van der Waals surface area contributed by atoms with Gasteiger partial charge in [-0.2, -0.15) is 0 Å². The van der Waals surface area contributed by atoms with Crippen LogP contribution in [0.5, 0.6) is 0 Å². The second-order valence-corrected chi connectivity index (χ2v) is 6.45. The summed E-state index contributed by atoms with van der Waals surface area (Å²) in [5, 5.41) is 11.6. The molecule has 8 heteroatoms. The Bertz CT molecular complexity index is 1030. The number of benzene rings is 2. The summed E-state index contributed by atoms with van der Waals surface area (Å²) in [7, 11) is 0. The molecule has 3 rings (SSSR count). The molecule has 7 nitrogen and oxygen atoms in total. The van der Waals surface area contributed by atoms with Gasteiger partial charge in [-0.15, -0.1) is 0 Å². The van der Waals surface area contributed by atoms with Crippen molar-refractivity contribution >= 4 is 23.4 Å². The van der Waals surface area contributed by atoms with Crippen molar-refractivity contribution in [2.24, 2.45) is 0 Å². The van der Waals surface area contributed by atoms with Gasteiger partial charge in [0.2, 0.25) is 0 Å². The van der Waals surface area contributed by atoms with E-state index in [-0.39, 0.29) is 17.9 Å². The maximum Gasteiger partial charge on any atom is 0.342 e. The normalized spacial score (nSPS) is 10.5. The lowest BCUT2D eigenvalue weighted by molar-refractivity contribution is -0.384. The summed E-state index contributed by atoms with van der Waals surface area (Å²) < 4.78 is 5.24. The fraction of sp³-hybridized carbons (Fsp3) is 0.150. The van der Waals surface area contributed by atoms with Gasteiger partial charge in [0.15, 0.2) is 5.16 Å². The number of carbonyl (C=O) groups is 1. The van der Waals surface area contributed by atoms with Crippen LogP contribution in [0.2, 0.25) is 0 Å². The van der Waals surface area contributed by atoms with Crippen molar-refractivity contribution in [2.75, 3.05) is 12.9 Å². The van der Waals surface area contributed by atoms with Gasteiger partial charge in [-0.25, -0.2) is 14.8 Å². The van der Waals surface area contributed by atoms with E-state index >= 15 is 0 Å². The molecule has 3 aromatic rings. The minimum atomic E-state index is -0.574. The number of thioether (sulfide) groups is 1. The lowest BCUT2D eigenvalue weighted by Crippen LogP contribution is -2.12. The standard InChI is InChI=1S/C20H17N3O4S/c1-3-27-19(24)16-17(13-8-5-4-6-9-13)21-20(28-2)22-18(16)14-10-7-11-15(12-14)23(25)26/h4-12H,3H2,1-2H3. The van der Waals surface area contributed by atoms with E-state index in [0.29, 0.717) is 22.1 Å². The molecule has 142 valence electrons. The predicted octanol–water partition coefficient (Wildman–Crippen LogP) is 4.62. The average molecular weight is 395 g/mol. The molecule has 0 spiro atoms. The minimum absolute atomic E-state index is 0.0853. The smallest absolute Gasteiger partial charge is 0.342 e. The molecule has 0 saturated heterocycles. The van der Waals surface area contributed by atoms with Gasteiger partial charge >= 0.3 is 5.97 Å². The van der Waals surface area contributed by atoms with Crippen LogP contribution in [-0.4, -0.2) is 33.7 Å². The van der Waals surface area contributed by atoms with Crippen LogP contribution < -0.4 is 0 Å². The van der Waals surface area contributed by atoms with Gasteiger partial charge in [-0.1, -0.05) is 54.2 Å². The average Bonchev–Trinajstić information content (AvgIpc) is 2.73. The SMILES string of the molecule is CCOC(=O)c1c(-c2ccccc2)nc(SC)nc1-c1cccc([N+](=O)[O-])c1. The Labute approximate surface area is 165 Å². The van der Waals surface area contributed by atoms with Gasteiger partial charge in [-0.3, -0.25) is 10.1 Å². The molecule has 0 aliphatic rings. The third-order valence-electron chi connectivity index (χ3n) is 3.93. The number of hydrogen-bond donors (Lipinski definition) is 0. The number of rotatable bonds is 6. The number of nitrogens with zero attached hydrogens (tertiary/aromatic N) is 3. The molecule has 2 aromatic carbocycles. The molecule has 1 heterocycles. The van der Waals surface area contributed by atoms with Crippen LogP contribution in [0.1, 0.15) is 17.3 Å². The molecule has 0 aliphatic carbocycles. The molecule has 0 unspecified atom stereocenters. The quantitative estimate of drug-likeness (QED) is 0.198. The third-order valence-corrected chi connectivity index (χ3v) is 4.48. The molecule has 0 N–H and O–H groups in total.